The van der Waals surface area contributed by atoms with E-state index in [1.54, 1.807) is 13.8 Å². The minimum atomic E-state index is -1.32. The Bertz CT molecular complexity index is 123. The van der Waals surface area contributed by atoms with Crippen molar-refractivity contribution in [1.29, 1.82) is 0 Å². The molecular weight excluding hydrogens is 130 g/mol. The first kappa shape index (κ1) is 9.59. The molecule has 3 heteroatoms. The number of ketones is 1. The first-order valence-corrected chi connectivity index (χ1v) is 3.22. The third kappa shape index (κ3) is 2.45. The fraction of sp³-hybridized carbons (Fsp3) is 0.857. The highest BCUT2D eigenvalue weighted by atomic mass is 16.3. The van der Waals surface area contributed by atoms with Gasteiger partial charge in [0.2, 0.25) is 0 Å². The Labute approximate surface area is 61.2 Å². The number of carbonyl (C=O) groups excluding carboxylic acids is 1. The van der Waals surface area contributed by atoms with E-state index in [1.165, 1.54) is 13.8 Å². The van der Waals surface area contributed by atoms with Gasteiger partial charge in [-0.25, -0.2) is 0 Å². The molecule has 0 atom stereocenters. The highest BCUT2D eigenvalue weighted by Gasteiger charge is 2.34. The average molecular weight is 145 g/mol. The van der Waals surface area contributed by atoms with E-state index < -0.39 is 11.1 Å². The first-order valence-electron chi connectivity index (χ1n) is 3.22. The maximum absolute atomic E-state index is 11.1. The normalized spacial score (nSPS) is 13.4. The molecule has 0 aromatic rings. The molecule has 0 radical (unpaired) electrons. The lowest BCUT2D eigenvalue weighted by Gasteiger charge is -2.25. The second kappa shape index (κ2) is 2.32. The predicted molar refractivity (Wildman–Crippen MR) is 39.6 cm³/mol. The zero-order valence-corrected chi connectivity index (χ0v) is 6.93. The Morgan fingerprint density at radius 1 is 1.30 bits per heavy atom. The zero-order valence-electron chi connectivity index (χ0n) is 6.93. The Morgan fingerprint density at radius 2 is 1.60 bits per heavy atom. The van der Waals surface area contributed by atoms with Crippen molar-refractivity contribution < 1.29 is 9.90 Å². The van der Waals surface area contributed by atoms with Crippen molar-refractivity contribution in [2.24, 2.45) is 5.73 Å². The van der Waals surface area contributed by atoms with Crippen molar-refractivity contribution in [3.8, 4) is 0 Å². The summed E-state index contributed by atoms with van der Waals surface area (Å²) in [6.07, 6.45) is 0. The summed E-state index contributed by atoms with van der Waals surface area (Å²) in [4.78, 5) is 11.1. The van der Waals surface area contributed by atoms with Gasteiger partial charge in [0.15, 0.2) is 5.78 Å². The highest BCUT2D eigenvalue weighted by molar-refractivity contribution is 5.93. The summed E-state index contributed by atoms with van der Waals surface area (Å²) < 4.78 is 0. The van der Waals surface area contributed by atoms with Gasteiger partial charge < -0.3 is 10.8 Å². The minimum Gasteiger partial charge on any atom is -0.383 e. The van der Waals surface area contributed by atoms with Gasteiger partial charge in [-0.05, 0) is 27.7 Å². The van der Waals surface area contributed by atoms with Crippen molar-refractivity contribution in [3.63, 3.8) is 0 Å². The summed E-state index contributed by atoms with van der Waals surface area (Å²) in [7, 11) is 0. The Hall–Kier alpha value is -0.410. The molecular formula is C7H15NO2. The van der Waals surface area contributed by atoms with Crippen LogP contribution in [0.4, 0.5) is 0 Å². The Balaban J connectivity index is 4.40. The van der Waals surface area contributed by atoms with Crippen LogP contribution in [-0.4, -0.2) is 22.0 Å². The smallest absolute Gasteiger partial charge is 0.182 e. The van der Waals surface area contributed by atoms with E-state index in [4.69, 9.17) is 5.73 Å². The van der Waals surface area contributed by atoms with Crippen LogP contribution in [0.25, 0.3) is 0 Å². The van der Waals surface area contributed by atoms with Crippen molar-refractivity contribution in [2.45, 2.75) is 38.8 Å². The molecule has 3 nitrogen and oxygen atoms in total. The van der Waals surface area contributed by atoms with Gasteiger partial charge in [0.25, 0.3) is 0 Å². The van der Waals surface area contributed by atoms with E-state index in [2.05, 4.69) is 0 Å². The van der Waals surface area contributed by atoms with Crippen LogP contribution in [0.3, 0.4) is 0 Å². The second-order valence-electron chi connectivity index (χ2n) is 3.61. The van der Waals surface area contributed by atoms with Gasteiger partial charge in [0, 0.05) is 0 Å². The van der Waals surface area contributed by atoms with E-state index in [9.17, 15) is 9.90 Å². The molecule has 0 rings (SSSR count). The minimum absolute atomic E-state index is 0.347. The van der Waals surface area contributed by atoms with Gasteiger partial charge in [-0.3, -0.25) is 4.79 Å². The van der Waals surface area contributed by atoms with Crippen molar-refractivity contribution in [2.75, 3.05) is 0 Å². The number of rotatable bonds is 2. The lowest BCUT2D eigenvalue weighted by molar-refractivity contribution is -0.138. The van der Waals surface area contributed by atoms with E-state index in [1.807, 2.05) is 0 Å². The fourth-order valence-corrected chi connectivity index (χ4v) is 0.788. The van der Waals surface area contributed by atoms with Gasteiger partial charge >= 0.3 is 0 Å². The van der Waals surface area contributed by atoms with E-state index >= 15 is 0 Å². The summed E-state index contributed by atoms with van der Waals surface area (Å²) >= 11 is 0. The second-order valence-corrected chi connectivity index (χ2v) is 3.61. The van der Waals surface area contributed by atoms with Crippen LogP contribution >= 0.6 is 0 Å². The Kier molecular flexibility index (Phi) is 2.23. The van der Waals surface area contributed by atoms with Crippen LogP contribution in [0.5, 0.6) is 0 Å². The molecule has 0 spiro atoms. The lowest BCUT2D eigenvalue weighted by Crippen LogP contribution is -2.51. The maximum Gasteiger partial charge on any atom is 0.182 e. The maximum atomic E-state index is 11.1. The molecule has 0 fully saturated rings. The number of hydrogen-bond acceptors (Lipinski definition) is 3. The van der Waals surface area contributed by atoms with Crippen molar-refractivity contribution >= 4 is 5.78 Å². The summed E-state index contributed by atoms with van der Waals surface area (Å²) in [6.45, 7) is 6.02. The molecule has 60 valence electrons. The van der Waals surface area contributed by atoms with Gasteiger partial charge in [-0.15, -0.1) is 0 Å². The standard InChI is InChI=1S/C7H15NO2/c1-6(2,8)5(9)7(3,4)10/h10H,8H2,1-4H3. The van der Waals surface area contributed by atoms with Crippen LogP contribution < -0.4 is 5.73 Å². The number of carbonyl (C=O) groups is 1. The number of Topliss-reactive ketones (excluding diaryl/α,β-unsaturated/α-hetero) is 1. The first-order chi connectivity index (χ1) is 4.15. The lowest BCUT2D eigenvalue weighted by atomic mass is 9.89. The van der Waals surface area contributed by atoms with Crippen LogP contribution in [0.2, 0.25) is 0 Å². The molecule has 0 aliphatic heterocycles. The van der Waals surface area contributed by atoms with E-state index in [0.717, 1.165) is 0 Å². The largest absolute Gasteiger partial charge is 0.383 e. The number of nitrogens with two attached hydrogens (primary N) is 1. The molecule has 0 aliphatic carbocycles. The van der Waals surface area contributed by atoms with Gasteiger partial charge in [0.05, 0.1) is 5.54 Å². The van der Waals surface area contributed by atoms with Gasteiger partial charge in [0.1, 0.15) is 5.60 Å². The van der Waals surface area contributed by atoms with E-state index in [-0.39, 0.29) is 5.78 Å². The summed E-state index contributed by atoms with van der Waals surface area (Å²) in [5.41, 5.74) is 3.19. The molecule has 0 aromatic heterocycles. The average Bonchev–Trinajstić information content (AvgIpc) is 1.59. The van der Waals surface area contributed by atoms with Crippen LogP contribution in [0.15, 0.2) is 0 Å². The molecule has 0 amide bonds. The van der Waals surface area contributed by atoms with Crippen LogP contribution in [0.1, 0.15) is 27.7 Å². The summed E-state index contributed by atoms with van der Waals surface area (Å²) in [5, 5.41) is 9.19. The molecule has 0 aromatic carbocycles. The van der Waals surface area contributed by atoms with Crippen molar-refractivity contribution in [3.05, 3.63) is 0 Å². The van der Waals surface area contributed by atoms with Gasteiger partial charge in [-0.2, -0.15) is 0 Å². The number of aliphatic hydroxyl groups is 1. The summed E-state index contributed by atoms with van der Waals surface area (Å²) in [6, 6.07) is 0. The van der Waals surface area contributed by atoms with Crippen molar-refractivity contribution in [1.82, 2.24) is 0 Å². The van der Waals surface area contributed by atoms with Crippen LogP contribution in [-0.2, 0) is 4.79 Å². The zero-order chi connectivity index (χ0) is 8.58. The van der Waals surface area contributed by atoms with Crippen LogP contribution in [0, 0.1) is 0 Å². The molecule has 0 saturated heterocycles. The molecule has 0 aliphatic rings. The Morgan fingerprint density at radius 3 is 1.60 bits per heavy atom. The summed E-state index contributed by atoms with van der Waals surface area (Å²) in [5.74, 6) is -0.347. The monoisotopic (exact) mass is 145 g/mol. The molecule has 3 N–H and O–H groups in total. The molecule has 10 heavy (non-hydrogen) atoms. The molecule has 0 unspecified atom stereocenters. The SMILES string of the molecule is CC(C)(N)C(=O)C(C)(C)O. The molecule has 0 bridgehead atoms. The van der Waals surface area contributed by atoms with Gasteiger partial charge in [-0.1, -0.05) is 0 Å². The topological polar surface area (TPSA) is 63.3 Å². The predicted octanol–water partition coefficient (Wildman–Crippen LogP) is 0.0637. The fourth-order valence-electron chi connectivity index (χ4n) is 0.788. The molecule has 0 heterocycles. The van der Waals surface area contributed by atoms with E-state index in [0.29, 0.717) is 0 Å². The third-order valence-corrected chi connectivity index (χ3v) is 1.14. The quantitative estimate of drug-likeness (QED) is 0.577. The molecule has 0 saturated carbocycles. The third-order valence-electron chi connectivity index (χ3n) is 1.14. The highest BCUT2D eigenvalue weighted by Crippen LogP contribution is 2.11. The number of hydrogen-bond donors (Lipinski definition) is 2.